The number of hydrogen-bond acceptors (Lipinski definition) is 3. The lowest BCUT2D eigenvalue weighted by atomic mass is 10.2. The van der Waals surface area contributed by atoms with Crippen molar-refractivity contribution >= 4 is 21.9 Å². The molecule has 0 aliphatic heterocycles. The molecule has 0 spiro atoms. The van der Waals surface area contributed by atoms with Crippen LogP contribution in [0, 0.1) is 11.8 Å². The molecule has 0 saturated heterocycles. The predicted octanol–water partition coefficient (Wildman–Crippen LogP) is 2.75. The molecule has 0 aromatic heterocycles. The van der Waals surface area contributed by atoms with E-state index in [0.717, 1.165) is 5.56 Å². The molecule has 0 bridgehead atoms. The fourth-order valence-electron chi connectivity index (χ4n) is 1.18. The first-order valence-electron chi connectivity index (χ1n) is 4.57. The van der Waals surface area contributed by atoms with Crippen LogP contribution >= 0.6 is 15.9 Å². The number of benzene rings is 1. The fraction of sp³-hybridized carbons (Fsp3) is 0.250. The highest BCUT2D eigenvalue weighted by atomic mass is 79.9. The molecule has 0 saturated carbocycles. The summed E-state index contributed by atoms with van der Waals surface area (Å²) in [4.78, 5) is 10.9. The number of halogens is 1. The summed E-state index contributed by atoms with van der Waals surface area (Å²) in [5.41, 5.74) is 0.794. The van der Waals surface area contributed by atoms with E-state index in [2.05, 4.69) is 27.8 Å². The second-order valence-corrected chi connectivity index (χ2v) is 3.81. The first-order chi connectivity index (χ1) is 7.58. The molecule has 0 fully saturated rings. The summed E-state index contributed by atoms with van der Waals surface area (Å²) in [6, 6.07) is 3.50. The van der Waals surface area contributed by atoms with Crippen molar-refractivity contribution in [1.82, 2.24) is 0 Å². The van der Waals surface area contributed by atoms with Gasteiger partial charge in [0.05, 0.1) is 11.6 Å². The number of ether oxygens (including phenoxy) is 2. The first kappa shape index (κ1) is 12.6. The Kier molecular flexibility index (Phi) is 4.39. The van der Waals surface area contributed by atoms with Gasteiger partial charge in [0.25, 0.3) is 0 Å². The average molecular weight is 283 g/mol. The maximum Gasteiger partial charge on any atom is 0.308 e. The SMILES string of the molecule is CC#Cc1cc(Br)c(OC(C)=O)c(OC)c1. The second-order valence-electron chi connectivity index (χ2n) is 2.96. The summed E-state index contributed by atoms with van der Waals surface area (Å²) >= 11 is 3.31. The van der Waals surface area contributed by atoms with Crippen molar-refractivity contribution in [1.29, 1.82) is 0 Å². The fourth-order valence-corrected chi connectivity index (χ4v) is 1.70. The van der Waals surface area contributed by atoms with E-state index in [1.54, 1.807) is 19.1 Å². The Hall–Kier alpha value is -1.47. The lowest BCUT2D eigenvalue weighted by Gasteiger charge is -2.10. The number of esters is 1. The van der Waals surface area contributed by atoms with Crippen LogP contribution in [0.4, 0.5) is 0 Å². The molecule has 0 N–H and O–H groups in total. The van der Waals surface area contributed by atoms with Crippen LogP contribution in [0.2, 0.25) is 0 Å². The number of carbonyl (C=O) groups excluding carboxylic acids is 1. The van der Waals surface area contributed by atoms with Crippen molar-refractivity contribution in [2.24, 2.45) is 0 Å². The van der Waals surface area contributed by atoms with Crippen LogP contribution in [-0.4, -0.2) is 13.1 Å². The van der Waals surface area contributed by atoms with Gasteiger partial charge in [0.2, 0.25) is 0 Å². The highest BCUT2D eigenvalue weighted by Crippen LogP contribution is 2.36. The van der Waals surface area contributed by atoms with Crippen LogP contribution in [0.5, 0.6) is 11.5 Å². The zero-order valence-corrected chi connectivity index (χ0v) is 10.8. The Morgan fingerprint density at radius 2 is 2.12 bits per heavy atom. The smallest absolute Gasteiger partial charge is 0.308 e. The summed E-state index contributed by atoms with van der Waals surface area (Å²) < 4.78 is 10.8. The van der Waals surface area contributed by atoms with Gasteiger partial charge in [-0.05, 0) is 35.0 Å². The van der Waals surface area contributed by atoms with Crippen LogP contribution in [0.1, 0.15) is 19.4 Å². The van der Waals surface area contributed by atoms with E-state index in [0.29, 0.717) is 16.0 Å². The van der Waals surface area contributed by atoms with E-state index in [-0.39, 0.29) is 0 Å². The zero-order chi connectivity index (χ0) is 12.1. The Labute approximate surface area is 103 Å². The molecule has 3 nitrogen and oxygen atoms in total. The third-order valence-electron chi connectivity index (χ3n) is 1.74. The van der Waals surface area contributed by atoms with Crippen molar-refractivity contribution in [2.45, 2.75) is 13.8 Å². The zero-order valence-electron chi connectivity index (χ0n) is 9.26. The number of methoxy groups -OCH3 is 1. The van der Waals surface area contributed by atoms with Crippen molar-refractivity contribution in [3.8, 4) is 23.3 Å². The molecule has 0 amide bonds. The lowest BCUT2D eigenvalue weighted by Crippen LogP contribution is -2.04. The number of carbonyl (C=O) groups is 1. The average Bonchev–Trinajstić information content (AvgIpc) is 2.21. The van der Waals surface area contributed by atoms with Crippen LogP contribution in [-0.2, 0) is 4.79 Å². The Bertz CT molecular complexity index is 469. The summed E-state index contributed by atoms with van der Waals surface area (Å²) in [6.07, 6.45) is 0. The third kappa shape index (κ3) is 3.01. The van der Waals surface area contributed by atoms with Gasteiger partial charge in [-0.3, -0.25) is 4.79 Å². The molecule has 0 heterocycles. The highest BCUT2D eigenvalue weighted by molar-refractivity contribution is 9.10. The number of hydrogen-bond donors (Lipinski definition) is 0. The Morgan fingerprint density at radius 3 is 2.62 bits per heavy atom. The maximum absolute atomic E-state index is 10.9. The standard InChI is InChI=1S/C12H11BrO3/c1-4-5-9-6-10(13)12(16-8(2)14)11(7-9)15-3/h6-7H,1-3H3. The molecule has 1 aromatic rings. The monoisotopic (exact) mass is 282 g/mol. The van der Waals surface area contributed by atoms with Gasteiger partial charge in [0.1, 0.15) is 0 Å². The summed E-state index contributed by atoms with van der Waals surface area (Å²) in [5, 5.41) is 0. The quantitative estimate of drug-likeness (QED) is 0.475. The first-order valence-corrected chi connectivity index (χ1v) is 5.36. The molecular formula is C12H11BrO3. The van der Waals surface area contributed by atoms with Crippen LogP contribution in [0.3, 0.4) is 0 Å². The molecule has 1 aromatic carbocycles. The second kappa shape index (κ2) is 5.57. The van der Waals surface area contributed by atoms with Gasteiger partial charge in [0.15, 0.2) is 11.5 Å². The topological polar surface area (TPSA) is 35.5 Å². The van der Waals surface area contributed by atoms with Gasteiger partial charge in [-0.1, -0.05) is 5.92 Å². The molecular weight excluding hydrogens is 272 g/mol. The van der Waals surface area contributed by atoms with Gasteiger partial charge >= 0.3 is 5.97 Å². The summed E-state index contributed by atoms with van der Waals surface area (Å²) in [6.45, 7) is 3.09. The van der Waals surface area contributed by atoms with Crippen molar-refractivity contribution in [2.75, 3.05) is 7.11 Å². The molecule has 0 atom stereocenters. The van der Waals surface area contributed by atoms with E-state index in [9.17, 15) is 4.79 Å². The van der Waals surface area contributed by atoms with Gasteiger partial charge in [-0.25, -0.2) is 0 Å². The molecule has 4 heteroatoms. The van der Waals surface area contributed by atoms with Crippen LogP contribution in [0.25, 0.3) is 0 Å². The van der Waals surface area contributed by atoms with E-state index in [1.807, 2.05) is 0 Å². The molecule has 0 aliphatic carbocycles. The molecule has 84 valence electrons. The van der Waals surface area contributed by atoms with Crippen LogP contribution < -0.4 is 9.47 Å². The van der Waals surface area contributed by atoms with Gasteiger partial charge in [-0.2, -0.15) is 0 Å². The van der Waals surface area contributed by atoms with E-state index in [4.69, 9.17) is 9.47 Å². The minimum atomic E-state index is -0.395. The van der Waals surface area contributed by atoms with Gasteiger partial charge in [0, 0.05) is 12.5 Å². The molecule has 0 unspecified atom stereocenters. The summed E-state index contributed by atoms with van der Waals surface area (Å²) in [7, 11) is 1.51. The van der Waals surface area contributed by atoms with Crippen molar-refractivity contribution in [3.05, 3.63) is 22.2 Å². The Balaban J connectivity index is 3.26. The third-order valence-corrected chi connectivity index (χ3v) is 2.33. The maximum atomic E-state index is 10.9. The Morgan fingerprint density at radius 1 is 1.44 bits per heavy atom. The highest BCUT2D eigenvalue weighted by Gasteiger charge is 2.12. The van der Waals surface area contributed by atoms with Crippen molar-refractivity contribution in [3.63, 3.8) is 0 Å². The van der Waals surface area contributed by atoms with E-state index in [1.165, 1.54) is 14.0 Å². The van der Waals surface area contributed by atoms with Gasteiger partial charge in [-0.15, -0.1) is 5.92 Å². The number of rotatable bonds is 2. The summed E-state index contributed by atoms with van der Waals surface area (Å²) in [5.74, 6) is 6.14. The van der Waals surface area contributed by atoms with E-state index >= 15 is 0 Å². The van der Waals surface area contributed by atoms with Crippen LogP contribution in [0.15, 0.2) is 16.6 Å². The largest absolute Gasteiger partial charge is 0.493 e. The van der Waals surface area contributed by atoms with E-state index < -0.39 is 5.97 Å². The minimum absolute atomic E-state index is 0.372. The molecule has 16 heavy (non-hydrogen) atoms. The lowest BCUT2D eigenvalue weighted by molar-refractivity contribution is -0.132. The predicted molar refractivity (Wildman–Crippen MR) is 64.6 cm³/mol. The minimum Gasteiger partial charge on any atom is -0.493 e. The van der Waals surface area contributed by atoms with Crippen molar-refractivity contribution < 1.29 is 14.3 Å². The molecule has 0 aliphatic rings. The molecule has 0 radical (unpaired) electrons. The van der Waals surface area contributed by atoms with Gasteiger partial charge < -0.3 is 9.47 Å². The molecule has 1 rings (SSSR count). The normalized spacial score (nSPS) is 9.00.